The first kappa shape index (κ1) is 16.5. The lowest BCUT2D eigenvalue weighted by atomic mass is 9.64. The first-order valence-corrected chi connectivity index (χ1v) is 9.48. The maximum atomic E-state index is 13.0. The van der Waals surface area contributed by atoms with E-state index in [0.717, 1.165) is 23.7 Å². The number of halogens is 1. The van der Waals surface area contributed by atoms with E-state index in [-0.39, 0.29) is 29.1 Å². The lowest BCUT2D eigenvalue weighted by molar-refractivity contribution is -0.122. The number of carbonyl (C=O) groups excluding carboxylic acids is 2. The Morgan fingerprint density at radius 2 is 1.60 bits per heavy atom. The van der Waals surface area contributed by atoms with Gasteiger partial charge in [-0.3, -0.25) is 14.5 Å². The molecule has 0 spiro atoms. The van der Waals surface area contributed by atoms with Gasteiger partial charge in [-0.1, -0.05) is 53.2 Å². The average molecular weight is 398 g/mol. The fraction of sp³-hybridized carbons (Fsp3) is 0.333. The Balaban J connectivity index is 1.64. The highest BCUT2D eigenvalue weighted by molar-refractivity contribution is 9.10. The second-order valence-corrected chi connectivity index (χ2v) is 8.29. The van der Waals surface area contributed by atoms with Crippen LogP contribution in [-0.4, -0.2) is 11.8 Å². The Morgan fingerprint density at radius 1 is 0.960 bits per heavy atom. The van der Waals surface area contributed by atoms with Crippen molar-refractivity contribution >= 4 is 33.4 Å². The predicted molar refractivity (Wildman–Crippen MR) is 101 cm³/mol. The second-order valence-electron chi connectivity index (χ2n) is 7.37. The fourth-order valence-electron chi connectivity index (χ4n) is 4.35. The Bertz CT molecular complexity index is 818. The van der Waals surface area contributed by atoms with Crippen molar-refractivity contribution in [1.82, 2.24) is 0 Å². The topological polar surface area (TPSA) is 37.4 Å². The number of carbonyl (C=O) groups is 2. The van der Waals surface area contributed by atoms with Crippen LogP contribution >= 0.6 is 15.9 Å². The van der Waals surface area contributed by atoms with Crippen molar-refractivity contribution < 1.29 is 9.59 Å². The summed E-state index contributed by atoms with van der Waals surface area (Å²) < 4.78 is 0.935. The monoisotopic (exact) mass is 397 g/mol. The molecule has 3 atom stereocenters. The molecule has 25 heavy (non-hydrogen) atoms. The summed E-state index contributed by atoms with van der Waals surface area (Å²) >= 11 is 3.40. The summed E-state index contributed by atoms with van der Waals surface area (Å²) in [5, 5.41) is 0. The molecule has 2 amide bonds. The molecule has 1 aliphatic carbocycles. The standard InChI is InChI=1S/C21H20BrNO2/c1-21(14-5-3-2-4-6-14)12-11-17-18(13-21)20(25)23(19(17)24)16-9-7-15(22)8-10-16/h2-10,17-18H,11-13H2,1H3/t17-,18+,21+/m0/s1. The molecule has 2 aromatic rings. The Labute approximate surface area is 156 Å². The van der Waals surface area contributed by atoms with Gasteiger partial charge in [-0.05, 0) is 54.5 Å². The Kier molecular flexibility index (Phi) is 4.03. The summed E-state index contributed by atoms with van der Waals surface area (Å²) in [7, 11) is 0. The molecular formula is C21H20BrNO2. The zero-order valence-electron chi connectivity index (χ0n) is 14.1. The highest BCUT2D eigenvalue weighted by atomic mass is 79.9. The third-order valence-corrected chi connectivity index (χ3v) is 6.32. The van der Waals surface area contributed by atoms with Crippen LogP contribution in [0.2, 0.25) is 0 Å². The number of rotatable bonds is 2. The van der Waals surface area contributed by atoms with E-state index in [9.17, 15) is 9.59 Å². The van der Waals surface area contributed by atoms with Crippen molar-refractivity contribution in [3.8, 4) is 0 Å². The zero-order chi connectivity index (χ0) is 17.6. The molecule has 0 unspecified atom stereocenters. The van der Waals surface area contributed by atoms with Crippen molar-refractivity contribution in [1.29, 1.82) is 0 Å². The van der Waals surface area contributed by atoms with Gasteiger partial charge in [0.25, 0.3) is 0 Å². The molecule has 0 N–H and O–H groups in total. The van der Waals surface area contributed by atoms with Gasteiger partial charge in [-0.2, -0.15) is 0 Å². The van der Waals surface area contributed by atoms with E-state index < -0.39 is 0 Å². The predicted octanol–water partition coefficient (Wildman–Crippen LogP) is 4.70. The van der Waals surface area contributed by atoms with Crippen molar-refractivity contribution in [3.05, 3.63) is 64.6 Å². The van der Waals surface area contributed by atoms with Crippen LogP contribution in [0, 0.1) is 11.8 Å². The molecule has 0 bridgehead atoms. The number of hydrogen-bond donors (Lipinski definition) is 0. The van der Waals surface area contributed by atoms with Crippen LogP contribution < -0.4 is 4.90 Å². The van der Waals surface area contributed by atoms with Gasteiger partial charge in [-0.15, -0.1) is 0 Å². The van der Waals surface area contributed by atoms with Crippen LogP contribution in [0.4, 0.5) is 5.69 Å². The molecule has 2 aliphatic rings. The van der Waals surface area contributed by atoms with Crippen LogP contribution in [0.5, 0.6) is 0 Å². The van der Waals surface area contributed by atoms with E-state index in [1.54, 1.807) is 0 Å². The number of hydrogen-bond acceptors (Lipinski definition) is 2. The maximum Gasteiger partial charge on any atom is 0.237 e. The zero-order valence-corrected chi connectivity index (χ0v) is 15.7. The molecule has 0 radical (unpaired) electrons. The molecule has 2 fully saturated rings. The molecule has 2 aromatic carbocycles. The smallest absolute Gasteiger partial charge is 0.237 e. The SMILES string of the molecule is C[C@@]1(c2ccccc2)CC[C@@H]2C(=O)N(c3ccc(Br)cc3)C(=O)[C@@H]2C1. The van der Waals surface area contributed by atoms with Gasteiger partial charge < -0.3 is 0 Å². The van der Waals surface area contributed by atoms with Crippen molar-refractivity contribution in [2.45, 2.75) is 31.6 Å². The van der Waals surface area contributed by atoms with Crippen LogP contribution in [-0.2, 0) is 15.0 Å². The largest absolute Gasteiger partial charge is 0.274 e. The lowest BCUT2D eigenvalue weighted by Crippen LogP contribution is -2.36. The molecule has 1 aliphatic heterocycles. The summed E-state index contributed by atoms with van der Waals surface area (Å²) in [6.07, 6.45) is 2.44. The van der Waals surface area contributed by atoms with Gasteiger partial charge in [0.05, 0.1) is 17.5 Å². The molecule has 1 heterocycles. The second kappa shape index (κ2) is 6.10. The normalized spacial score (nSPS) is 29.0. The first-order valence-electron chi connectivity index (χ1n) is 8.68. The van der Waals surface area contributed by atoms with Crippen molar-refractivity contribution in [2.75, 3.05) is 4.90 Å². The quantitative estimate of drug-likeness (QED) is 0.688. The average Bonchev–Trinajstić information content (AvgIpc) is 2.87. The Hall–Kier alpha value is -1.94. The van der Waals surface area contributed by atoms with Crippen LogP contribution in [0.25, 0.3) is 0 Å². The number of nitrogens with zero attached hydrogens (tertiary/aromatic N) is 1. The Morgan fingerprint density at radius 3 is 2.28 bits per heavy atom. The van der Waals surface area contributed by atoms with Crippen LogP contribution in [0.3, 0.4) is 0 Å². The minimum Gasteiger partial charge on any atom is -0.274 e. The summed E-state index contributed by atoms with van der Waals surface area (Å²) in [6.45, 7) is 2.22. The van der Waals surface area contributed by atoms with E-state index in [4.69, 9.17) is 0 Å². The number of fused-ring (bicyclic) bond motifs is 1. The van der Waals surface area contributed by atoms with E-state index in [1.165, 1.54) is 10.5 Å². The van der Waals surface area contributed by atoms with E-state index in [0.29, 0.717) is 5.69 Å². The number of amides is 2. The van der Waals surface area contributed by atoms with Crippen molar-refractivity contribution in [2.24, 2.45) is 11.8 Å². The van der Waals surface area contributed by atoms with E-state index in [1.807, 2.05) is 42.5 Å². The van der Waals surface area contributed by atoms with E-state index in [2.05, 4.69) is 35.0 Å². The number of imide groups is 1. The molecule has 4 heteroatoms. The molecular weight excluding hydrogens is 378 g/mol. The minimum absolute atomic E-state index is 0.0348. The summed E-state index contributed by atoms with van der Waals surface area (Å²) in [4.78, 5) is 27.3. The fourth-order valence-corrected chi connectivity index (χ4v) is 4.61. The van der Waals surface area contributed by atoms with Crippen LogP contribution in [0.15, 0.2) is 59.1 Å². The number of benzene rings is 2. The van der Waals surface area contributed by atoms with Gasteiger partial charge >= 0.3 is 0 Å². The highest BCUT2D eigenvalue weighted by Gasteiger charge is 2.53. The molecule has 0 aromatic heterocycles. The summed E-state index contributed by atoms with van der Waals surface area (Å²) in [5.74, 6) is -0.463. The summed E-state index contributed by atoms with van der Waals surface area (Å²) in [5.41, 5.74) is 1.89. The summed E-state index contributed by atoms with van der Waals surface area (Å²) in [6, 6.07) is 17.8. The van der Waals surface area contributed by atoms with E-state index >= 15 is 0 Å². The third kappa shape index (κ3) is 2.73. The molecule has 128 valence electrons. The molecule has 1 saturated carbocycles. The van der Waals surface area contributed by atoms with Gasteiger partial charge in [0.15, 0.2) is 0 Å². The van der Waals surface area contributed by atoms with Gasteiger partial charge in [0, 0.05) is 4.47 Å². The van der Waals surface area contributed by atoms with Gasteiger partial charge in [-0.25, -0.2) is 0 Å². The maximum absolute atomic E-state index is 13.0. The van der Waals surface area contributed by atoms with Crippen molar-refractivity contribution in [3.63, 3.8) is 0 Å². The molecule has 1 saturated heterocycles. The molecule has 3 nitrogen and oxygen atoms in total. The lowest BCUT2D eigenvalue weighted by Gasteiger charge is -2.38. The third-order valence-electron chi connectivity index (χ3n) is 5.79. The minimum atomic E-state index is -0.213. The van der Waals surface area contributed by atoms with Crippen LogP contribution in [0.1, 0.15) is 31.7 Å². The highest BCUT2D eigenvalue weighted by Crippen LogP contribution is 2.48. The van der Waals surface area contributed by atoms with Gasteiger partial charge in [0.2, 0.25) is 11.8 Å². The number of anilines is 1. The molecule has 4 rings (SSSR count). The van der Waals surface area contributed by atoms with Gasteiger partial charge in [0.1, 0.15) is 0 Å². The first-order chi connectivity index (χ1) is 12.0.